The van der Waals surface area contributed by atoms with Gasteiger partial charge in [-0.25, -0.2) is 0 Å². The molecule has 1 aliphatic rings. The maximum Gasteiger partial charge on any atom is 0.270 e. The normalized spacial score (nSPS) is 16.0. The van der Waals surface area contributed by atoms with Gasteiger partial charge in [0.05, 0.1) is 7.11 Å². The second-order valence-electron chi connectivity index (χ2n) is 5.36. The van der Waals surface area contributed by atoms with Crippen LogP contribution in [0, 0.1) is 0 Å². The number of aromatic nitrogens is 1. The van der Waals surface area contributed by atoms with Crippen molar-refractivity contribution in [3.8, 4) is 17.0 Å². The zero-order valence-electron chi connectivity index (χ0n) is 13.8. The van der Waals surface area contributed by atoms with Crippen molar-refractivity contribution in [2.75, 3.05) is 13.7 Å². The minimum absolute atomic E-state index is 0.415. The fourth-order valence-corrected chi connectivity index (χ4v) is 3.31. The quantitative estimate of drug-likeness (QED) is 0.608. The molecule has 1 aromatic carbocycles. The Balaban J connectivity index is 1.91. The largest absolute Gasteiger partial charge is 0.497 e. The van der Waals surface area contributed by atoms with E-state index in [0.29, 0.717) is 22.5 Å². The Morgan fingerprint density at radius 2 is 1.83 bits per heavy atom. The molecule has 0 atom stereocenters. The van der Waals surface area contributed by atoms with Crippen molar-refractivity contribution in [2.45, 2.75) is 6.92 Å². The Labute approximate surface area is 152 Å². The molecule has 24 heavy (non-hydrogen) atoms. The average molecular weight is 358 g/mol. The van der Waals surface area contributed by atoms with E-state index in [2.05, 4.69) is 10.6 Å². The molecule has 0 aliphatic carbocycles. The lowest BCUT2D eigenvalue weighted by Gasteiger charge is -2.09. The Bertz CT molecular complexity index is 822. The smallest absolute Gasteiger partial charge is 0.270 e. The maximum atomic E-state index is 5.63. The van der Waals surface area contributed by atoms with Crippen LogP contribution in [-0.2, 0) is 11.8 Å². The molecule has 0 radical (unpaired) electrons. The van der Waals surface area contributed by atoms with Crippen LogP contribution in [0.3, 0.4) is 0 Å². The van der Waals surface area contributed by atoms with Gasteiger partial charge in [0.1, 0.15) is 5.75 Å². The standard InChI is InChI=1S/C18H18N2O2S2/c1-4-20-17(23)16(22-18(20)24)11-13-7-10-15(19(13)2)12-5-8-14(21-3)9-6-12/h5-11H,4H2,1-3H3/b16-11+. The van der Waals surface area contributed by atoms with Crippen molar-refractivity contribution in [2.24, 2.45) is 7.05 Å². The summed E-state index contributed by atoms with van der Waals surface area (Å²) in [5.74, 6) is 1.47. The van der Waals surface area contributed by atoms with Gasteiger partial charge < -0.3 is 14.0 Å². The Morgan fingerprint density at radius 1 is 1.12 bits per heavy atom. The highest BCUT2D eigenvalue weighted by molar-refractivity contribution is 7.82. The summed E-state index contributed by atoms with van der Waals surface area (Å²) in [6, 6.07) is 12.1. The van der Waals surface area contributed by atoms with E-state index in [1.54, 1.807) is 7.11 Å². The second-order valence-corrected chi connectivity index (χ2v) is 6.09. The number of nitrogens with zero attached hydrogens (tertiary/aromatic N) is 2. The molecule has 2 aromatic rings. The summed E-state index contributed by atoms with van der Waals surface area (Å²) in [7, 11) is 3.68. The van der Waals surface area contributed by atoms with Gasteiger partial charge in [-0.2, -0.15) is 0 Å². The lowest BCUT2D eigenvalue weighted by molar-refractivity contribution is 0.415. The van der Waals surface area contributed by atoms with Gasteiger partial charge in [0.2, 0.25) is 0 Å². The molecule has 1 aliphatic heterocycles. The van der Waals surface area contributed by atoms with E-state index in [9.17, 15) is 0 Å². The van der Waals surface area contributed by atoms with Crippen LogP contribution in [0.4, 0.5) is 0 Å². The molecular formula is C18H18N2O2S2. The van der Waals surface area contributed by atoms with Crippen LogP contribution in [-0.4, -0.2) is 33.3 Å². The number of ether oxygens (including phenoxy) is 2. The van der Waals surface area contributed by atoms with Crippen LogP contribution in [0.25, 0.3) is 17.3 Å². The van der Waals surface area contributed by atoms with Crippen molar-refractivity contribution in [3.05, 3.63) is 47.9 Å². The van der Waals surface area contributed by atoms with Crippen LogP contribution in [0.1, 0.15) is 12.6 Å². The number of thiocarbonyl (C=S) groups is 2. The summed E-state index contributed by atoms with van der Waals surface area (Å²) in [5.41, 5.74) is 3.21. The number of rotatable bonds is 4. The number of hydrogen-bond donors (Lipinski definition) is 0. The van der Waals surface area contributed by atoms with E-state index in [1.807, 2.05) is 55.3 Å². The van der Waals surface area contributed by atoms with Crippen LogP contribution < -0.4 is 4.74 Å². The molecule has 1 saturated heterocycles. The predicted molar refractivity (Wildman–Crippen MR) is 104 cm³/mol. The fourth-order valence-electron chi connectivity index (χ4n) is 2.63. The second kappa shape index (κ2) is 6.75. The van der Waals surface area contributed by atoms with Gasteiger partial charge in [0, 0.05) is 31.1 Å². The summed E-state index contributed by atoms with van der Waals surface area (Å²) in [6.45, 7) is 2.70. The van der Waals surface area contributed by atoms with Crippen molar-refractivity contribution in [1.82, 2.24) is 9.47 Å². The van der Waals surface area contributed by atoms with Gasteiger partial charge in [-0.15, -0.1) is 0 Å². The minimum atomic E-state index is 0.415. The third-order valence-corrected chi connectivity index (χ3v) is 4.74. The first-order valence-electron chi connectivity index (χ1n) is 7.60. The van der Waals surface area contributed by atoms with Gasteiger partial charge in [-0.3, -0.25) is 4.90 Å². The van der Waals surface area contributed by atoms with Crippen LogP contribution in [0.2, 0.25) is 0 Å². The van der Waals surface area contributed by atoms with E-state index >= 15 is 0 Å². The minimum Gasteiger partial charge on any atom is -0.497 e. The first-order chi connectivity index (χ1) is 11.5. The van der Waals surface area contributed by atoms with E-state index < -0.39 is 0 Å². The fraction of sp³-hybridized carbons (Fsp3) is 0.222. The van der Waals surface area contributed by atoms with Gasteiger partial charge >= 0.3 is 0 Å². The molecule has 3 rings (SSSR count). The predicted octanol–water partition coefficient (Wildman–Crippen LogP) is 4.01. The first-order valence-corrected chi connectivity index (χ1v) is 8.42. The Kier molecular flexibility index (Phi) is 4.69. The number of benzene rings is 1. The molecule has 1 aromatic heterocycles. The van der Waals surface area contributed by atoms with Gasteiger partial charge in [-0.05, 0) is 61.1 Å². The van der Waals surface area contributed by atoms with Crippen LogP contribution in [0.15, 0.2) is 42.2 Å². The highest BCUT2D eigenvalue weighted by Gasteiger charge is 2.28. The lowest BCUT2D eigenvalue weighted by atomic mass is 10.1. The molecule has 0 saturated carbocycles. The average Bonchev–Trinajstić information content (AvgIpc) is 3.08. The molecule has 0 amide bonds. The molecule has 0 N–H and O–H groups in total. The van der Waals surface area contributed by atoms with Crippen molar-refractivity contribution in [3.63, 3.8) is 0 Å². The van der Waals surface area contributed by atoms with Gasteiger partial charge in [0.25, 0.3) is 5.17 Å². The van der Waals surface area contributed by atoms with E-state index in [-0.39, 0.29) is 0 Å². The molecule has 0 bridgehead atoms. The zero-order valence-corrected chi connectivity index (χ0v) is 15.4. The molecule has 6 heteroatoms. The van der Waals surface area contributed by atoms with E-state index in [0.717, 1.165) is 22.7 Å². The zero-order chi connectivity index (χ0) is 17.3. The van der Waals surface area contributed by atoms with E-state index in [4.69, 9.17) is 33.9 Å². The monoisotopic (exact) mass is 358 g/mol. The lowest BCUT2D eigenvalue weighted by Crippen LogP contribution is -2.26. The molecule has 2 heterocycles. The maximum absolute atomic E-state index is 5.63. The third-order valence-electron chi connectivity index (χ3n) is 4.02. The molecule has 0 spiro atoms. The summed E-state index contributed by atoms with van der Waals surface area (Å²) >= 11 is 10.6. The summed E-state index contributed by atoms with van der Waals surface area (Å²) in [4.78, 5) is 2.44. The summed E-state index contributed by atoms with van der Waals surface area (Å²) < 4.78 is 12.9. The van der Waals surface area contributed by atoms with Gasteiger partial charge in [0.15, 0.2) is 10.7 Å². The van der Waals surface area contributed by atoms with Crippen LogP contribution >= 0.6 is 24.4 Å². The van der Waals surface area contributed by atoms with Crippen molar-refractivity contribution < 1.29 is 9.47 Å². The molecule has 4 nitrogen and oxygen atoms in total. The molecule has 124 valence electrons. The SMILES string of the molecule is CCN1C(=S)O/C(=C/c2ccc(-c3ccc(OC)cc3)n2C)C1=S. The van der Waals surface area contributed by atoms with Crippen molar-refractivity contribution in [1.29, 1.82) is 0 Å². The number of hydrogen-bond acceptors (Lipinski definition) is 4. The number of likely N-dealkylation sites (N-methyl/N-ethyl adjacent to an activating group) is 1. The Morgan fingerprint density at radius 3 is 2.42 bits per heavy atom. The third kappa shape index (κ3) is 2.95. The topological polar surface area (TPSA) is 26.6 Å². The molecule has 1 fully saturated rings. The van der Waals surface area contributed by atoms with Crippen LogP contribution in [0.5, 0.6) is 5.75 Å². The van der Waals surface area contributed by atoms with Crippen molar-refractivity contribution >= 4 is 40.7 Å². The number of methoxy groups -OCH3 is 1. The highest BCUT2D eigenvalue weighted by atomic mass is 32.1. The highest BCUT2D eigenvalue weighted by Crippen LogP contribution is 2.27. The Hall–Kier alpha value is -2.18. The van der Waals surface area contributed by atoms with E-state index in [1.165, 1.54) is 0 Å². The summed E-state index contributed by atoms with van der Waals surface area (Å²) in [6.07, 6.45) is 1.93. The molecular weight excluding hydrogens is 340 g/mol. The first kappa shape index (κ1) is 16.7. The molecule has 0 unspecified atom stereocenters. The van der Waals surface area contributed by atoms with Gasteiger partial charge in [-0.1, -0.05) is 12.2 Å². The summed E-state index contributed by atoms with van der Waals surface area (Å²) in [5, 5.41) is 0.415.